The first kappa shape index (κ1) is 19.6. The molecule has 1 aliphatic carbocycles. The lowest BCUT2D eigenvalue weighted by molar-refractivity contribution is -0.125. The minimum absolute atomic E-state index is 0.123. The molecule has 2 amide bonds. The fraction of sp³-hybridized carbons (Fsp3) is 0.318. The van der Waals surface area contributed by atoms with Crippen molar-refractivity contribution in [3.63, 3.8) is 0 Å². The molecule has 2 aromatic rings. The Balaban J connectivity index is 1.55. The van der Waals surface area contributed by atoms with Gasteiger partial charge in [-0.1, -0.05) is 36.4 Å². The quantitative estimate of drug-likeness (QED) is 0.723. The molecule has 6 nitrogen and oxygen atoms in total. The second-order valence-electron chi connectivity index (χ2n) is 6.85. The first-order chi connectivity index (χ1) is 13.5. The monoisotopic (exact) mass is 380 g/mol. The molecular formula is C22H24N2O4. The van der Waals surface area contributed by atoms with Crippen LogP contribution in [-0.2, 0) is 20.9 Å². The van der Waals surface area contributed by atoms with Crippen molar-refractivity contribution in [3.05, 3.63) is 65.2 Å². The van der Waals surface area contributed by atoms with E-state index in [0.29, 0.717) is 24.2 Å². The summed E-state index contributed by atoms with van der Waals surface area (Å²) in [6, 6.07) is 14.6. The van der Waals surface area contributed by atoms with Crippen LogP contribution in [0.25, 0.3) is 0 Å². The van der Waals surface area contributed by atoms with Crippen LogP contribution >= 0.6 is 0 Å². The summed E-state index contributed by atoms with van der Waals surface area (Å²) in [5, 5.41) is 5.66. The van der Waals surface area contributed by atoms with E-state index in [2.05, 4.69) is 10.6 Å². The average Bonchev–Trinajstić information content (AvgIpc) is 3.49. The number of para-hydroxylation sites is 1. The van der Waals surface area contributed by atoms with E-state index in [1.165, 1.54) is 0 Å². The molecule has 0 saturated heterocycles. The third kappa shape index (κ3) is 4.57. The van der Waals surface area contributed by atoms with Crippen LogP contribution in [0.4, 0.5) is 5.69 Å². The van der Waals surface area contributed by atoms with Gasteiger partial charge in [0.05, 0.1) is 29.7 Å². The molecule has 0 spiro atoms. The van der Waals surface area contributed by atoms with E-state index in [-0.39, 0.29) is 30.3 Å². The maximum Gasteiger partial charge on any atom is 0.340 e. The van der Waals surface area contributed by atoms with Gasteiger partial charge in [0, 0.05) is 6.54 Å². The predicted octanol–water partition coefficient (Wildman–Crippen LogP) is 3.06. The predicted molar refractivity (Wildman–Crippen MR) is 106 cm³/mol. The molecule has 1 aliphatic rings. The lowest BCUT2D eigenvalue weighted by Crippen LogP contribution is -2.27. The van der Waals surface area contributed by atoms with Crippen LogP contribution in [0.2, 0.25) is 0 Å². The number of amides is 2. The number of hydrogen-bond donors (Lipinski definition) is 2. The van der Waals surface area contributed by atoms with Crippen LogP contribution in [0.15, 0.2) is 48.5 Å². The number of rotatable bonds is 7. The van der Waals surface area contributed by atoms with Gasteiger partial charge in [0.1, 0.15) is 0 Å². The molecule has 0 radical (unpaired) electrons. The van der Waals surface area contributed by atoms with E-state index in [1.54, 1.807) is 31.2 Å². The van der Waals surface area contributed by atoms with Crippen LogP contribution < -0.4 is 10.6 Å². The van der Waals surface area contributed by atoms with Gasteiger partial charge < -0.3 is 15.4 Å². The van der Waals surface area contributed by atoms with Gasteiger partial charge in [-0.2, -0.15) is 0 Å². The third-order valence-corrected chi connectivity index (χ3v) is 4.86. The molecule has 3 rings (SSSR count). The van der Waals surface area contributed by atoms with E-state index in [0.717, 1.165) is 11.1 Å². The molecule has 2 unspecified atom stereocenters. The summed E-state index contributed by atoms with van der Waals surface area (Å²) in [6.07, 6.45) is 0.507. The van der Waals surface area contributed by atoms with Gasteiger partial charge in [-0.05, 0) is 43.5 Å². The summed E-state index contributed by atoms with van der Waals surface area (Å²) in [5.74, 6) is -1.58. The number of aryl methyl sites for hydroxylation is 1. The molecule has 1 saturated carbocycles. The van der Waals surface area contributed by atoms with Crippen molar-refractivity contribution in [2.24, 2.45) is 11.8 Å². The van der Waals surface area contributed by atoms with Crippen LogP contribution in [0.1, 0.15) is 34.8 Å². The largest absolute Gasteiger partial charge is 0.462 e. The number of anilines is 1. The van der Waals surface area contributed by atoms with E-state index in [1.807, 2.05) is 31.2 Å². The molecule has 0 heterocycles. The Morgan fingerprint density at radius 3 is 2.43 bits per heavy atom. The summed E-state index contributed by atoms with van der Waals surface area (Å²) in [5.41, 5.74) is 2.88. The highest BCUT2D eigenvalue weighted by Gasteiger charge is 2.48. The molecule has 1 fully saturated rings. The van der Waals surface area contributed by atoms with Crippen molar-refractivity contribution in [2.45, 2.75) is 26.8 Å². The Hall–Kier alpha value is -3.15. The van der Waals surface area contributed by atoms with Crippen LogP contribution in [0.3, 0.4) is 0 Å². The minimum Gasteiger partial charge on any atom is -0.462 e. The Morgan fingerprint density at radius 2 is 1.68 bits per heavy atom. The molecule has 2 N–H and O–H groups in total. The molecule has 6 heteroatoms. The number of esters is 1. The van der Waals surface area contributed by atoms with Crippen molar-refractivity contribution in [1.82, 2.24) is 5.32 Å². The zero-order chi connectivity index (χ0) is 20.1. The van der Waals surface area contributed by atoms with Gasteiger partial charge in [0.2, 0.25) is 11.8 Å². The number of carbonyl (C=O) groups excluding carboxylic acids is 3. The highest BCUT2D eigenvalue weighted by Crippen LogP contribution is 2.39. The van der Waals surface area contributed by atoms with E-state index in [4.69, 9.17) is 4.74 Å². The molecule has 0 aromatic heterocycles. The minimum atomic E-state index is -0.485. The summed E-state index contributed by atoms with van der Waals surface area (Å²) in [7, 11) is 0. The van der Waals surface area contributed by atoms with Crippen LogP contribution in [-0.4, -0.2) is 24.4 Å². The maximum absolute atomic E-state index is 12.5. The topological polar surface area (TPSA) is 84.5 Å². The lowest BCUT2D eigenvalue weighted by atomic mass is 10.1. The number of hydrogen-bond acceptors (Lipinski definition) is 4. The second-order valence-corrected chi connectivity index (χ2v) is 6.85. The number of nitrogens with one attached hydrogen (secondary N) is 2. The van der Waals surface area contributed by atoms with Crippen molar-refractivity contribution < 1.29 is 19.1 Å². The molecule has 2 aromatic carbocycles. The van der Waals surface area contributed by atoms with Gasteiger partial charge in [0.25, 0.3) is 0 Å². The van der Waals surface area contributed by atoms with Gasteiger partial charge in [-0.15, -0.1) is 0 Å². The van der Waals surface area contributed by atoms with Gasteiger partial charge in [-0.3, -0.25) is 9.59 Å². The first-order valence-corrected chi connectivity index (χ1v) is 9.40. The smallest absolute Gasteiger partial charge is 0.340 e. The van der Waals surface area contributed by atoms with Crippen molar-refractivity contribution in [1.29, 1.82) is 0 Å². The van der Waals surface area contributed by atoms with Gasteiger partial charge >= 0.3 is 5.97 Å². The van der Waals surface area contributed by atoms with Crippen molar-refractivity contribution in [2.75, 3.05) is 11.9 Å². The highest BCUT2D eigenvalue weighted by atomic mass is 16.5. The number of ether oxygens (including phenoxy) is 1. The summed E-state index contributed by atoms with van der Waals surface area (Å²) in [4.78, 5) is 36.9. The SMILES string of the molecule is CCOC(=O)c1ccccc1NC(=O)C1CC1C(=O)NCc1ccccc1C. The third-order valence-electron chi connectivity index (χ3n) is 4.86. The first-order valence-electron chi connectivity index (χ1n) is 9.40. The van der Waals surface area contributed by atoms with Gasteiger partial charge in [0.15, 0.2) is 0 Å². The molecule has 2 atom stereocenters. The van der Waals surface area contributed by atoms with Crippen molar-refractivity contribution in [3.8, 4) is 0 Å². The zero-order valence-electron chi connectivity index (χ0n) is 16.0. The zero-order valence-corrected chi connectivity index (χ0v) is 16.0. The Bertz CT molecular complexity index is 894. The Morgan fingerprint density at radius 1 is 1.00 bits per heavy atom. The fourth-order valence-corrected chi connectivity index (χ4v) is 3.10. The normalized spacial score (nSPS) is 17.5. The van der Waals surface area contributed by atoms with E-state index in [9.17, 15) is 14.4 Å². The number of benzene rings is 2. The Kier molecular flexibility index (Phi) is 6.09. The standard InChI is InChI=1S/C22H24N2O4/c1-3-28-22(27)16-10-6-7-11-19(16)24-21(26)18-12-17(18)20(25)23-13-15-9-5-4-8-14(15)2/h4-11,17-18H,3,12-13H2,1-2H3,(H,23,25)(H,24,26). The van der Waals surface area contributed by atoms with E-state index < -0.39 is 5.97 Å². The molecule has 0 aliphatic heterocycles. The van der Waals surface area contributed by atoms with Crippen LogP contribution in [0, 0.1) is 18.8 Å². The molecular weight excluding hydrogens is 356 g/mol. The summed E-state index contributed by atoms with van der Waals surface area (Å²) < 4.78 is 5.01. The summed E-state index contributed by atoms with van der Waals surface area (Å²) >= 11 is 0. The van der Waals surface area contributed by atoms with Crippen LogP contribution in [0.5, 0.6) is 0 Å². The van der Waals surface area contributed by atoms with Crippen molar-refractivity contribution >= 4 is 23.5 Å². The molecule has 28 heavy (non-hydrogen) atoms. The number of carbonyl (C=O) groups is 3. The van der Waals surface area contributed by atoms with Gasteiger partial charge in [-0.25, -0.2) is 4.79 Å². The maximum atomic E-state index is 12.5. The molecule has 0 bridgehead atoms. The average molecular weight is 380 g/mol. The second kappa shape index (κ2) is 8.69. The lowest BCUT2D eigenvalue weighted by Gasteiger charge is -2.10. The Labute approximate surface area is 164 Å². The fourth-order valence-electron chi connectivity index (χ4n) is 3.10. The highest BCUT2D eigenvalue weighted by molar-refractivity contribution is 6.04. The summed E-state index contributed by atoms with van der Waals surface area (Å²) in [6.45, 7) is 4.42. The van der Waals surface area contributed by atoms with E-state index >= 15 is 0 Å². The molecule has 146 valence electrons.